The van der Waals surface area contributed by atoms with E-state index in [9.17, 15) is 0 Å². The maximum atomic E-state index is 8.69. The van der Waals surface area contributed by atoms with Gasteiger partial charge in [0.1, 0.15) is 0 Å². The summed E-state index contributed by atoms with van der Waals surface area (Å²) in [6.45, 7) is 3.89. The summed E-state index contributed by atoms with van der Waals surface area (Å²) in [7, 11) is 0. The molecule has 0 aliphatic rings. The van der Waals surface area contributed by atoms with Gasteiger partial charge in [-0.05, 0) is 6.42 Å². The quantitative estimate of drug-likeness (QED) is 0.708. The summed E-state index contributed by atoms with van der Waals surface area (Å²) < 4.78 is 1.74. The first-order chi connectivity index (χ1) is 6.86. The zero-order valence-corrected chi connectivity index (χ0v) is 9.96. The molecule has 88 valence electrons. The van der Waals surface area contributed by atoms with E-state index in [-0.39, 0.29) is 19.0 Å². The van der Waals surface area contributed by atoms with Crippen LogP contribution in [-0.4, -0.2) is 28.0 Å². The number of hydrogen-bond acceptors (Lipinski definition) is 3. The molecule has 0 saturated heterocycles. The Labute approximate surface area is 97.1 Å². The molecule has 0 bridgehead atoms. The van der Waals surface area contributed by atoms with Crippen molar-refractivity contribution in [3.05, 3.63) is 12.4 Å². The smallest absolute Gasteiger partial charge is 0.0726 e. The molecule has 0 fully saturated rings. The third-order valence-electron chi connectivity index (χ3n) is 2.07. The Morgan fingerprint density at radius 3 is 2.93 bits per heavy atom. The lowest BCUT2D eigenvalue weighted by molar-refractivity contribution is 0.269. The summed E-state index contributed by atoms with van der Waals surface area (Å²) in [6.07, 6.45) is 7.41. The number of unbranched alkanes of at least 4 members (excludes halogenated alkanes) is 2. The topological polar surface area (TPSA) is 50.1 Å². The number of nitrogens with zero attached hydrogens (tertiary/aromatic N) is 2. The van der Waals surface area contributed by atoms with Crippen molar-refractivity contribution >= 4 is 18.1 Å². The minimum absolute atomic E-state index is 0. The average Bonchev–Trinajstić information content (AvgIpc) is 2.61. The highest BCUT2D eigenvalue weighted by Gasteiger charge is 1.96. The van der Waals surface area contributed by atoms with Crippen molar-refractivity contribution in [2.45, 2.75) is 32.7 Å². The van der Waals surface area contributed by atoms with Crippen LogP contribution in [-0.2, 0) is 6.54 Å². The lowest BCUT2D eigenvalue weighted by Crippen LogP contribution is -2.02. The number of rotatable bonds is 7. The highest BCUT2D eigenvalue weighted by atomic mass is 35.5. The molecule has 5 heteroatoms. The van der Waals surface area contributed by atoms with Gasteiger partial charge in [-0.1, -0.05) is 19.8 Å². The Bertz CT molecular complexity index is 253. The van der Waals surface area contributed by atoms with Crippen LogP contribution in [0.2, 0.25) is 0 Å². The first-order valence-corrected chi connectivity index (χ1v) is 5.24. The molecule has 0 amide bonds. The van der Waals surface area contributed by atoms with Gasteiger partial charge >= 0.3 is 0 Å². The van der Waals surface area contributed by atoms with E-state index in [1.54, 1.807) is 10.9 Å². The van der Waals surface area contributed by atoms with Crippen LogP contribution in [0.1, 0.15) is 26.2 Å². The fourth-order valence-corrected chi connectivity index (χ4v) is 1.29. The molecule has 1 rings (SSSR count). The minimum atomic E-state index is 0. The van der Waals surface area contributed by atoms with E-state index in [1.807, 2.05) is 6.20 Å². The van der Waals surface area contributed by atoms with E-state index in [0.717, 1.165) is 12.2 Å². The highest BCUT2D eigenvalue weighted by Crippen LogP contribution is 2.05. The summed E-state index contributed by atoms with van der Waals surface area (Å²) in [6, 6.07) is 0. The second kappa shape index (κ2) is 8.56. The molecule has 0 radical (unpaired) electrons. The molecule has 0 unspecified atom stereocenters. The summed E-state index contributed by atoms with van der Waals surface area (Å²) in [4.78, 5) is 0. The van der Waals surface area contributed by atoms with E-state index in [0.29, 0.717) is 6.54 Å². The number of nitrogens with one attached hydrogen (secondary N) is 1. The zero-order chi connectivity index (χ0) is 10.2. The fraction of sp³-hybridized carbons (Fsp3) is 0.700. The molecule has 1 aromatic heterocycles. The van der Waals surface area contributed by atoms with Gasteiger partial charge in [0.2, 0.25) is 0 Å². The molecule has 15 heavy (non-hydrogen) atoms. The molecule has 0 aliphatic carbocycles. The molecular formula is C10H20ClN3O. The van der Waals surface area contributed by atoms with Gasteiger partial charge in [0, 0.05) is 12.7 Å². The highest BCUT2D eigenvalue weighted by molar-refractivity contribution is 5.85. The first kappa shape index (κ1) is 14.3. The van der Waals surface area contributed by atoms with Crippen molar-refractivity contribution in [1.29, 1.82) is 0 Å². The van der Waals surface area contributed by atoms with E-state index in [1.165, 1.54) is 19.3 Å². The van der Waals surface area contributed by atoms with Crippen LogP contribution in [0.15, 0.2) is 12.4 Å². The standard InChI is InChI=1S/C10H19N3O.ClH/c1-2-3-4-5-11-10-8-12-13(9-10)6-7-14;/h8-9,11,14H,2-7H2,1H3;1H. The summed E-state index contributed by atoms with van der Waals surface area (Å²) >= 11 is 0. The summed E-state index contributed by atoms with van der Waals surface area (Å²) in [5, 5.41) is 16.1. The van der Waals surface area contributed by atoms with Crippen molar-refractivity contribution < 1.29 is 5.11 Å². The SMILES string of the molecule is CCCCCNc1cnn(CCO)c1.Cl. The Kier molecular flexibility index (Phi) is 8.14. The first-order valence-electron chi connectivity index (χ1n) is 5.24. The molecule has 2 N–H and O–H groups in total. The van der Waals surface area contributed by atoms with Gasteiger partial charge in [0.25, 0.3) is 0 Å². The average molecular weight is 234 g/mol. The predicted octanol–water partition coefficient (Wildman–Crippen LogP) is 1.90. The lowest BCUT2D eigenvalue weighted by atomic mass is 10.2. The van der Waals surface area contributed by atoms with Crippen molar-refractivity contribution in [1.82, 2.24) is 9.78 Å². The molecule has 1 heterocycles. The Balaban J connectivity index is 0.00000196. The van der Waals surface area contributed by atoms with Crippen LogP contribution < -0.4 is 5.32 Å². The molecule has 0 spiro atoms. The van der Waals surface area contributed by atoms with Gasteiger partial charge < -0.3 is 10.4 Å². The number of hydrogen-bond donors (Lipinski definition) is 2. The van der Waals surface area contributed by atoms with Crippen molar-refractivity contribution in [2.75, 3.05) is 18.5 Å². The van der Waals surface area contributed by atoms with Crippen LogP contribution >= 0.6 is 12.4 Å². The zero-order valence-electron chi connectivity index (χ0n) is 9.15. The Morgan fingerprint density at radius 1 is 1.47 bits per heavy atom. The van der Waals surface area contributed by atoms with Crippen LogP contribution in [0.5, 0.6) is 0 Å². The molecular weight excluding hydrogens is 214 g/mol. The monoisotopic (exact) mass is 233 g/mol. The van der Waals surface area contributed by atoms with Gasteiger partial charge in [0.15, 0.2) is 0 Å². The largest absolute Gasteiger partial charge is 0.394 e. The van der Waals surface area contributed by atoms with Crippen LogP contribution in [0.25, 0.3) is 0 Å². The lowest BCUT2D eigenvalue weighted by Gasteiger charge is -2.01. The second-order valence-electron chi connectivity index (χ2n) is 3.35. The molecule has 1 aromatic rings. The third kappa shape index (κ3) is 5.64. The van der Waals surface area contributed by atoms with E-state index < -0.39 is 0 Å². The third-order valence-corrected chi connectivity index (χ3v) is 2.07. The van der Waals surface area contributed by atoms with Crippen LogP contribution in [0.3, 0.4) is 0 Å². The number of aliphatic hydroxyl groups is 1. The van der Waals surface area contributed by atoms with Crippen LogP contribution in [0.4, 0.5) is 5.69 Å². The maximum absolute atomic E-state index is 8.69. The van der Waals surface area contributed by atoms with Gasteiger partial charge in [-0.15, -0.1) is 12.4 Å². The maximum Gasteiger partial charge on any atom is 0.0726 e. The number of anilines is 1. The Hall–Kier alpha value is -0.740. The number of aliphatic hydroxyl groups excluding tert-OH is 1. The normalized spacial score (nSPS) is 9.73. The molecule has 0 aromatic carbocycles. The van der Waals surface area contributed by atoms with Gasteiger partial charge in [0.05, 0.1) is 25.0 Å². The predicted molar refractivity (Wildman–Crippen MR) is 64.6 cm³/mol. The molecule has 0 atom stereocenters. The van der Waals surface area contributed by atoms with Crippen LogP contribution in [0, 0.1) is 0 Å². The van der Waals surface area contributed by atoms with Crippen molar-refractivity contribution in [2.24, 2.45) is 0 Å². The van der Waals surface area contributed by atoms with Crippen molar-refractivity contribution in [3.8, 4) is 0 Å². The Morgan fingerprint density at radius 2 is 2.27 bits per heavy atom. The van der Waals surface area contributed by atoms with E-state index in [2.05, 4.69) is 17.3 Å². The molecule has 4 nitrogen and oxygen atoms in total. The van der Waals surface area contributed by atoms with E-state index >= 15 is 0 Å². The second-order valence-corrected chi connectivity index (χ2v) is 3.35. The van der Waals surface area contributed by atoms with Gasteiger partial charge in [-0.25, -0.2) is 0 Å². The number of halogens is 1. The minimum Gasteiger partial charge on any atom is -0.394 e. The summed E-state index contributed by atoms with van der Waals surface area (Å²) in [5.41, 5.74) is 1.04. The molecule has 0 aliphatic heterocycles. The van der Waals surface area contributed by atoms with Gasteiger partial charge in [-0.2, -0.15) is 5.10 Å². The molecule has 0 saturated carbocycles. The van der Waals surface area contributed by atoms with Gasteiger partial charge in [-0.3, -0.25) is 4.68 Å². The fourth-order valence-electron chi connectivity index (χ4n) is 1.29. The van der Waals surface area contributed by atoms with E-state index in [4.69, 9.17) is 5.11 Å². The van der Waals surface area contributed by atoms with Crippen molar-refractivity contribution in [3.63, 3.8) is 0 Å². The number of aromatic nitrogens is 2. The summed E-state index contributed by atoms with van der Waals surface area (Å²) in [5.74, 6) is 0.